The van der Waals surface area contributed by atoms with Crippen molar-refractivity contribution in [2.75, 3.05) is 34.2 Å². The zero-order valence-corrected chi connectivity index (χ0v) is 10.7. The van der Waals surface area contributed by atoms with E-state index >= 15 is 0 Å². The molecular formula is C12H24N2O2. The Kier molecular flexibility index (Phi) is 4.74. The van der Waals surface area contributed by atoms with Gasteiger partial charge in [0.1, 0.15) is 0 Å². The van der Waals surface area contributed by atoms with Gasteiger partial charge in [-0.25, -0.2) is 0 Å². The number of hydrogen-bond donors (Lipinski definition) is 1. The van der Waals surface area contributed by atoms with Crippen molar-refractivity contribution in [1.29, 1.82) is 0 Å². The molecule has 0 aliphatic heterocycles. The van der Waals surface area contributed by atoms with Gasteiger partial charge in [-0.2, -0.15) is 0 Å². The molecule has 0 aromatic rings. The smallest absolute Gasteiger partial charge is 0.223 e. The van der Waals surface area contributed by atoms with Crippen LogP contribution in [0.5, 0.6) is 0 Å². The van der Waals surface area contributed by atoms with Gasteiger partial charge in [0.05, 0.1) is 5.60 Å². The Morgan fingerprint density at radius 1 is 1.25 bits per heavy atom. The minimum atomic E-state index is -0.504. The second-order valence-corrected chi connectivity index (χ2v) is 5.21. The van der Waals surface area contributed by atoms with E-state index in [0.717, 1.165) is 32.2 Å². The third kappa shape index (κ3) is 4.10. The first kappa shape index (κ1) is 13.5. The van der Waals surface area contributed by atoms with Crippen LogP contribution in [0.3, 0.4) is 0 Å². The summed E-state index contributed by atoms with van der Waals surface area (Å²) in [6, 6.07) is 0. The van der Waals surface area contributed by atoms with Gasteiger partial charge in [-0.1, -0.05) is 12.8 Å². The number of nitrogens with zero attached hydrogens (tertiary/aromatic N) is 2. The summed E-state index contributed by atoms with van der Waals surface area (Å²) in [5.74, 6) is 0.144. The second kappa shape index (κ2) is 5.64. The molecule has 0 radical (unpaired) electrons. The van der Waals surface area contributed by atoms with Crippen LogP contribution in [0.1, 0.15) is 32.1 Å². The lowest BCUT2D eigenvalue weighted by molar-refractivity contribution is -0.129. The molecule has 1 saturated carbocycles. The SMILES string of the molecule is CN(CCC(=O)N(C)C)CC1(O)CCCC1. The molecule has 1 aliphatic rings. The van der Waals surface area contributed by atoms with Gasteiger partial charge in [-0.05, 0) is 19.9 Å². The Morgan fingerprint density at radius 3 is 2.31 bits per heavy atom. The van der Waals surface area contributed by atoms with Crippen molar-refractivity contribution in [2.45, 2.75) is 37.7 Å². The Balaban J connectivity index is 2.25. The second-order valence-electron chi connectivity index (χ2n) is 5.21. The van der Waals surface area contributed by atoms with Crippen molar-refractivity contribution in [3.8, 4) is 0 Å². The third-order valence-corrected chi connectivity index (χ3v) is 3.30. The van der Waals surface area contributed by atoms with Gasteiger partial charge in [0.25, 0.3) is 0 Å². The molecule has 4 heteroatoms. The number of aliphatic hydroxyl groups is 1. The van der Waals surface area contributed by atoms with E-state index in [1.807, 2.05) is 7.05 Å². The van der Waals surface area contributed by atoms with E-state index in [2.05, 4.69) is 4.90 Å². The number of amides is 1. The van der Waals surface area contributed by atoms with Gasteiger partial charge in [-0.3, -0.25) is 4.79 Å². The molecule has 1 rings (SSSR count). The lowest BCUT2D eigenvalue weighted by Gasteiger charge is -2.28. The number of carbonyl (C=O) groups excluding carboxylic acids is 1. The summed E-state index contributed by atoms with van der Waals surface area (Å²) in [5, 5.41) is 10.2. The summed E-state index contributed by atoms with van der Waals surface area (Å²) in [5.41, 5.74) is -0.504. The highest BCUT2D eigenvalue weighted by atomic mass is 16.3. The van der Waals surface area contributed by atoms with E-state index in [1.165, 1.54) is 0 Å². The maximum absolute atomic E-state index is 11.4. The fourth-order valence-electron chi connectivity index (χ4n) is 2.28. The lowest BCUT2D eigenvalue weighted by Crippen LogP contribution is -2.40. The van der Waals surface area contributed by atoms with Crippen molar-refractivity contribution in [3.63, 3.8) is 0 Å². The van der Waals surface area contributed by atoms with Crippen molar-refractivity contribution in [3.05, 3.63) is 0 Å². The number of hydrogen-bond acceptors (Lipinski definition) is 3. The molecule has 1 fully saturated rings. The van der Waals surface area contributed by atoms with Gasteiger partial charge in [-0.15, -0.1) is 0 Å². The van der Waals surface area contributed by atoms with Gasteiger partial charge in [0, 0.05) is 33.6 Å². The van der Waals surface area contributed by atoms with E-state index in [-0.39, 0.29) is 5.91 Å². The Morgan fingerprint density at radius 2 is 1.81 bits per heavy atom. The molecule has 0 bridgehead atoms. The molecule has 16 heavy (non-hydrogen) atoms. The van der Waals surface area contributed by atoms with Crippen LogP contribution in [0.2, 0.25) is 0 Å². The fraction of sp³-hybridized carbons (Fsp3) is 0.917. The third-order valence-electron chi connectivity index (χ3n) is 3.30. The van der Waals surface area contributed by atoms with Crippen LogP contribution in [0.25, 0.3) is 0 Å². The normalized spacial score (nSPS) is 19.1. The van der Waals surface area contributed by atoms with E-state index in [9.17, 15) is 9.90 Å². The van der Waals surface area contributed by atoms with Gasteiger partial charge in [0.15, 0.2) is 0 Å². The van der Waals surface area contributed by atoms with Crippen LogP contribution in [0.15, 0.2) is 0 Å². The first-order chi connectivity index (χ1) is 7.43. The van der Waals surface area contributed by atoms with Crippen molar-refractivity contribution in [1.82, 2.24) is 9.80 Å². The van der Waals surface area contributed by atoms with Gasteiger partial charge < -0.3 is 14.9 Å². The number of rotatable bonds is 5. The lowest BCUT2D eigenvalue weighted by atomic mass is 10.0. The molecule has 0 spiro atoms. The Hall–Kier alpha value is -0.610. The molecule has 0 unspecified atom stereocenters. The van der Waals surface area contributed by atoms with Crippen molar-refractivity contribution in [2.24, 2.45) is 0 Å². The largest absolute Gasteiger partial charge is 0.389 e. The summed E-state index contributed by atoms with van der Waals surface area (Å²) in [6.07, 6.45) is 4.58. The van der Waals surface area contributed by atoms with Crippen LogP contribution < -0.4 is 0 Å². The molecule has 0 aromatic carbocycles. The van der Waals surface area contributed by atoms with Crippen LogP contribution in [0, 0.1) is 0 Å². The Labute approximate surface area is 98.2 Å². The molecule has 94 valence electrons. The summed E-state index contributed by atoms with van der Waals surface area (Å²) < 4.78 is 0. The molecule has 0 atom stereocenters. The van der Waals surface area contributed by atoms with Gasteiger partial charge >= 0.3 is 0 Å². The summed E-state index contributed by atoms with van der Waals surface area (Å²) >= 11 is 0. The maximum Gasteiger partial charge on any atom is 0.223 e. The average Bonchev–Trinajstić information content (AvgIpc) is 2.60. The predicted octanol–water partition coefficient (Wildman–Crippen LogP) is 0.702. The predicted molar refractivity (Wildman–Crippen MR) is 64.2 cm³/mol. The first-order valence-electron chi connectivity index (χ1n) is 6.04. The molecule has 1 amide bonds. The number of likely N-dealkylation sites (N-methyl/N-ethyl adjacent to an activating group) is 1. The molecular weight excluding hydrogens is 204 g/mol. The highest BCUT2D eigenvalue weighted by molar-refractivity contribution is 5.75. The van der Waals surface area contributed by atoms with Crippen molar-refractivity contribution < 1.29 is 9.90 Å². The minimum absolute atomic E-state index is 0.144. The van der Waals surface area contributed by atoms with Crippen LogP contribution in [-0.2, 0) is 4.79 Å². The van der Waals surface area contributed by atoms with E-state index < -0.39 is 5.60 Å². The molecule has 1 N–H and O–H groups in total. The fourth-order valence-corrected chi connectivity index (χ4v) is 2.28. The monoisotopic (exact) mass is 228 g/mol. The number of carbonyl (C=O) groups is 1. The van der Waals surface area contributed by atoms with Crippen LogP contribution in [-0.4, -0.2) is 60.6 Å². The minimum Gasteiger partial charge on any atom is -0.389 e. The topological polar surface area (TPSA) is 43.8 Å². The zero-order chi connectivity index (χ0) is 12.2. The molecule has 0 aromatic heterocycles. The summed E-state index contributed by atoms with van der Waals surface area (Å²) in [4.78, 5) is 15.1. The van der Waals surface area contributed by atoms with Gasteiger partial charge in [0.2, 0.25) is 5.91 Å². The highest BCUT2D eigenvalue weighted by Crippen LogP contribution is 2.29. The summed E-state index contributed by atoms with van der Waals surface area (Å²) in [7, 11) is 5.51. The summed E-state index contributed by atoms with van der Waals surface area (Å²) in [6.45, 7) is 1.41. The zero-order valence-electron chi connectivity index (χ0n) is 10.7. The van der Waals surface area contributed by atoms with Crippen molar-refractivity contribution >= 4 is 5.91 Å². The first-order valence-corrected chi connectivity index (χ1v) is 6.04. The van der Waals surface area contributed by atoms with Crippen LogP contribution >= 0.6 is 0 Å². The van der Waals surface area contributed by atoms with E-state index in [1.54, 1.807) is 19.0 Å². The molecule has 0 heterocycles. The average molecular weight is 228 g/mol. The van der Waals surface area contributed by atoms with E-state index in [0.29, 0.717) is 13.0 Å². The highest BCUT2D eigenvalue weighted by Gasteiger charge is 2.32. The quantitative estimate of drug-likeness (QED) is 0.753. The molecule has 1 aliphatic carbocycles. The van der Waals surface area contributed by atoms with E-state index in [4.69, 9.17) is 0 Å². The molecule has 0 saturated heterocycles. The standard InChI is InChI=1S/C12H24N2O2/c1-13(2)11(15)6-9-14(3)10-12(16)7-4-5-8-12/h16H,4-10H2,1-3H3. The Bertz CT molecular complexity index is 235. The van der Waals surface area contributed by atoms with Crippen LogP contribution in [0.4, 0.5) is 0 Å². The molecule has 4 nitrogen and oxygen atoms in total. The maximum atomic E-state index is 11.4.